The second-order valence-electron chi connectivity index (χ2n) is 4.96. The second-order valence-corrected chi connectivity index (χ2v) is 4.96. The molecule has 0 radical (unpaired) electrons. The average molecular weight is 237 g/mol. The van der Waals surface area contributed by atoms with Crippen LogP contribution in [-0.2, 0) is 4.79 Å². The third kappa shape index (κ3) is 3.61. The lowest BCUT2D eigenvalue weighted by Crippen LogP contribution is -2.54. The number of carbonyl (C=O) groups is 1. The second kappa shape index (κ2) is 5.89. The Morgan fingerprint density at radius 2 is 2.06 bits per heavy atom. The molecule has 0 atom stereocenters. The van der Waals surface area contributed by atoms with Gasteiger partial charge < -0.3 is 5.32 Å². The molecule has 1 heterocycles. The maximum Gasteiger partial charge on any atom is 0.234 e. The molecular formula is C11H19N5O. The maximum atomic E-state index is 11.7. The molecule has 94 valence electrons. The highest BCUT2D eigenvalue weighted by atomic mass is 16.2. The fraction of sp³-hybridized carbons (Fsp3) is 0.909. The van der Waals surface area contributed by atoms with E-state index in [4.69, 9.17) is 5.53 Å². The van der Waals surface area contributed by atoms with Crippen LogP contribution in [0.1, 0.15) is 32.1 Å². The average Bonchev–Trinajstić information content (AvgIpc) is 2.27. The lowest BCUT2D eigenvalue weighted by atomic mass is 9.95. The minimum atomic E-state index is 0.0579. The van der Waals surface area contributed by atoms with Crippen LogP contribution < -0.4 is 5.32 Å². The first-order valence-electron chi connectivity index (χ1n) is 6.34. The van der Waals surface area contributed by atoms with Crippen molar-refractivity contribution in [2.45, 2.75) is 44.2 Å². The standard InChI is InChI=1S/C11H19N5O/c12-15-14-10-6-16(7-10)8-11(17)13-9-4-2-1-3-5-9/h9-10H,1-8H2,(H,13,17). The molecule has 2 aliphatic rings. The molecule has 1 amide bonds. The molecule has 0 bridgehead atoms. The first-order valence-corrected chi connectivity index (χ1v) is 6.34. The first-order chi connectivity index (χ1) is 8.28. The van der Waals surface area contributed by atoms with Crippen LogP contribution in [0.4, 0.5) is 0 Å². The SMILES string of the molecule is [N-]=[N+]=NC1CN(CC(=O)NC2CCCCC2)C1. The smallest absolute Gasteiger partial charge is 0.234 e. The lowest BCUT2D eigenvalue weighted by Gasteiger charge is -2.36. The molecule has 1 saturated heterocycles. The highest BCUT2D eigenvalue weighted by Crippen LogP contribution is 2.17. The predicted octanol–water partition coefficient (Wildman–Crippen LogP) is 1.43. The summed E-state index contributed by atoms with van der Waals surface area (Å²) < 4.78 is 0. The van der Waals surface area contributed by atoms with Crippen LogP contribution in [0.3, 0.4) is 0 Å². The van der Waals surface area contributed by atoms with Gasteiger partial charge in [0.25, 0.3) is 0 Å². The Morgan fingerprint density at radius 3 is 2.71 bits per heavy atom. The monoisotopic (exact) mass is 237 g/mol. The third-order valence-corrected chi connectivity index (χ3v) is 3.49. The van der Waals surface area contributed by atoms with Crippen molar-refractivity contribution >= 4 is 5.91 Å². The fourth-order valence-electron chi connectivity index (χ4n) is 2.54. The van der Waals surface area contributed by atoms with Crippen molar-refractivity contribution in [3.63, 3.8) is 0 Å². The molecule has 0 unspecified atom stereocenters. The number of azide groups is 1. The van der Waals surface area contributed by atoms with E-state index in [-0.39, 0.29) is 11.9 Å². The summed E-state index contributed by atoms with van der Waals surface area (Å²) in [6.45, 7) is 1.86. The van der Waals surface area contributed by atoms with Gasteiger partial charge in [-0.3, -0.25) is 9.69 Å². The van der Waals surface area contributed by atoms with Gasteiger partial charge in [-0.15, -0.1) is 0 Å². The Hall–Kier alpha value is -1.26. The predicted molar refractivity (Wildman–Crippen MR) is 64.4 cm³/mol. The van der Waals surface area contributed by atoms with Gasteiger partial charge in [-0.05, 0) is 18.4 Å². The van der Waals surface area contributed by atoms with E-state index in [0.29, 0.717) is 25.7 Å². The zero-order chi connectivity index (χ0) is 12.1. The molecule has 0 aromatic heterocycles. The molecule has 1 N–H and O–H groups in total. The normalized spacial score (nSPS) is 22.6. The summed E-state index contributed by atoms with van der Waals surface area (Å²) in [6, 6.07) is 0.438. The molecule has 2 fully saturated rings. The van der Waals surface area contributed by atoms with E-state index in [2.05, 4.69) is 15.3 Å². The Bertz CT molecular complexity index is 314. The third-order valence-electron chi connectivity index (χ3n) is 3.49. The number of likely N-dealkylation sites (tertiary alicyclic amines) is 1. The first kappa shape index (κ1) is 12.2. The van der Waals surface area contributed by atoms with Crippen molar-refractivity contribution in [3.05, 3.63) is 10.4 Å². The van der Waals surface area contributed by atoms with Crippen molar-refractivity contribution in [1.82, 2.24) is 10.2 Å². The Labute approximate surface area is 101 Å². The zero-order valence-corrected chi connectivity index (χ0v) is 10.0. The molecule has 17 heavy (non-hydrogen) atoms. The van der Waals surface area contributed by atoms with E-state index in [9.17, 15) is 4.79 Å². The maximum absolute atomic E-state index is 11.7. The van der Waals surface area contributed by atoms with Crippen molar-refractivity contribution < 1.29 is 4.79 Å². The van der Waals surface area contributed by atoms with Gasteiger partial charge in [0.05, 0.1) is 12.6 Å². The van der Waals surface area contributed by atoms with Crippen molar-refractivity contribution in [3.8, 4) is 0 Å². The lowest BCUT2D eigenvalue weighted by molar-refractivity contribution is -0.124. The van der Waals surface area contributed by atoms with E-state index in [1.165, 1.54) is 19.3 Å². The number of rotatable bonds is 4. The van der Waals surface area contributed by atoms with Crippen LogP contribution >= 0.6 is 0 Å². The molecule has 6 nitrogen and oxygen atoms in total. The molecular weight excluding hydrogens is 218 g/mol. The Morgan fingerprint density at radius 1 is 1.35 bits per heavy atom. The Kier molecular flexibility index (Phi) is 4.23. The highest BCUT2D eigenvalue weighted by molar-refractivity contribution is 5.78. The van der Waals surface area contributed by atoms with E-state index >= 15 is 0 Å². The van der Waals surface area contributed by atoms with E-state index in [1.54, 1.807) is 0 Å². The van der Waals surface area contributed by atoms with Crippen LogP contribution in [0, 0.1) is 0 Å². The van der Waals surface area contributed by atoms with Gasteiger partial charge in [-0.2, -0.15) is 0 Å². The molecule has 1 saturated carbocycles. The summed E-state index contributed by atoms with van der Waals surface area (Å²) in [5.74, 6) is 0.108. The molecule has 0 spiro atoms. The number of nitrogens with zero attached hydrogens (tertiary/aromatic N) is 4. The molecule has 0 aromatic carbocycles. The van der Waals surface area contributed by atoms with Crippen LogP contribution in [0.5, 0.6) is 0 Å². The number of nitrogens with one attached hydrogen (secondary N) is 1. The van der Waals surface area contributed by atoms with Crippen LogP contribution in [-0.4, -0.2) is 42.5 Å². The van der Waals surface area contributed by atoms with Crippen LogP contribution in [0.2, 0.25) is 0 Å². The summed E-state index contributed by atoms with van der Waals surface area (Å²) in [6.07, 6.45) is 5.99. The number of amides is 1. The minimum absolute atomic E-state index is 0.0579. The molecule has 1 aliphatic heterocycles. The van der Waals surface area contributed by atoms with Gasteiger partial charge in [-0.1, -0.05) is 24.4 Å². The highest BCUT2D eigenvalue weighted by Gasteiger charge is 2.27. The van der Waals surface area contributed by atoms with Gasteiger partial charge in [0.2, 0.25) is 5.91 Å². The number of hydrogen-bond donors (Lipinski definition) is 1. The van der Waals surface area contributed by atoms with Crippen LogP contribution in [0.25, 0.3) is 10.4 Å². The molecule has 2 rings (SSSR count). The van der Waals surface area contributed by atoms with Crippen LogP contribution in [0.15, 0.2) is 5.11 Å². The van der Waals surface area contributed by atoms with Crippen molar-refractivity contribution in [1.29, 1.82) is 0 Å². The van der Waals surface area contributed by atoms with E-state index in [0.717, 1.165) is 12.8 Å². The molecule has 1 aliphatic carbocycles. The van der Waals surface area contributed by atoms with E-state index < -0.39 is 0 Å². The van der Waals surface area contributed by atoms with Gasteiger partial charge in [-0.25, -0.2) is 0 Å². The minimum Gasteiger partial charge on any atom is -0.352 e. The summed E-state index contributed by atoms with van der Waals surface area (Å²) >= 11 is 0. The largest absolute Gasteiger partial charge is 0.352 e. The number of carbonyl (C=O) groups excluding carboxylic acids is 1. The van der Waals surface area contributed by atoms with Gasteiger partial charge in [0, 0.05) is 24.0 Å². The summed E-state index contributed by atoms with van der Waals surface area (Å²) in [4.78, 5) is 16.5. The van der Waals surface area contributed by atoms with E-state index in [1.807, 2.05) is 4.90 Å². The zero-order valence-electron chi connectivity index (χ0n) is 10.0. The summed E-state index contributed by atoms with van der Waals surface area (Å²) in [5, 5.41) is 6.69. The Balaban J connectivity index is 1.63. The van der Waals surface area contributed by atoms with Gasteiger partial charge in [0.15, 0.2) is 0 Å². The fourth-order valence-corrected chi connectivity index (χ4v) is 2.54. The quantitative estimate of drug-likeness (QED) is 0.456. The van der Waals surface area contributed by atoms with Gasteiger partial charge in [0.1, 0.15) is 0 Å². The summed E-state index contributed by atoms with van der Waals surface area (Å²) in [7, 11) is 0. The molecule has 0 aromatic rings. The van der Waals surface area contributed by atoms with Crippen molar-refractivity contribution in [2.75, 3.05) is 19.6 Å². The van der Waals surface area contributed by atoms with Crippen molar-refractivity contribution in [2.24, 2.45) is 5.11 Å². The molecule has 6 heteroatoms. The van der Waals surface area contributed by atoms with Gasteiger partial charge >= 0.3 is 0 Å². The summed E-state index contributed by atoms with van der Waals surface area (Å²) in [5.41, 5.74) is 8.25. The topological polar surface area (TPSA) is 81.1 Å². The number of hydrogen-bond acceptors (Lipinski definition) is 3.